The minimum atomic E-state index is -0.647. The smallest absolute Gasteiger partial charge is 0.332 e. The molecule has 0 radical (unpaired) electrons. The number of carbonyl (C=O) groups is 3. The van der Waals surface area contributed by atoms with E-state index in [0.717, 1.165) is 39.0 Å². The van der Waals surface area contributed by atoms with E-state index in [9.17, 15) is 14.4 Å². The zero-order valence-electron chi connectivity index (χ0n) is 23.8. The number of aromatic amines is 1. The average molecular weight is 571 g/mol. The highest BCUT2D eigenvalue weighted by molar-refractivity contribution is 6.22. The summed E-state index contributed by atoms with van der Waals surface area (Å²) in [5, 5.41) is 3.94. The lowest BCUT2D eigenvalue weighted by molar-refractivity contribution is -0.120. The fourth-order valence-corrected chi connectivity index (χ4v) is 6.30. The van der Waals surface area contributed by atoms with Crippen LogP contribution in [0.3, 0.4) is 0 Å². The van der Waals surface area contributed by atoms with Crippen molar-refractivity contribution in [2.45, 2.75) is 32.4 Å². The molecular weight excluding hydrogens is 540 g/mol. The van der Waals surface area contributed by atoms with Crippen LogP contribution in [0.2, 0.25) is 0 Å². The number of amides is 4. The SMILES string of the molecule is CCOc1ccc(NC(=O)c2ccc(N3C(=O)C4Cc5c([nH]c6ccccc56)C(c5ccccc5C)N4C3=O)cc2)cc1. The molecule has 1 aromatic heterocycles. The Balaban J connectivity index is 1.19. The maximum atomic E-state index is 14.1. The van der Waals surface area contributed by atoms with E-state index in [2.05, 4.69) is 16.4 Å². The largest absolute Gasteiger partial charge is 0.494 e. The maximum absolute atomic E-state index is 14.1. The molecule has 4 aromatic carbocycles. The Morgan fingerprint density at radius 2 is 1.65 bits per heavy atom. The Hall–Kier alpha value is -5.37. The summed E-state index contributed by atoms with van der Waals surface area (Å²) in [6, 6.07) is 28.3. The molecule has 5 aromatic rings. The summed E-state index contributed by atoms with van der Waals surface area (Å²) in [6.45, 7) is 4.50. The third-order valence-corrected chi connectivity index (χ3v) is 8.34. The molecule has 2 aliphatic rings. The Labute approximate surface area is 248 Å². The van der Waals surface area contributed by atoms with E-state index in [1.165, 1.54) is 4.90 Å². The molecule has 2 aliphatic heterocycles. The highest BCUT2D eigenvalue weighted by Crippen LogP contribution is 2.45. The number of aromatic nitrogens is 1. The maximum Gasteiger partial charge on any atom is 0.332 e. The van der Waals surface area contributed by atoms with Crippen molar-refractivity contribution in [2.24, 2.45) is 0 Å². The van der Waals surface area contributed by atoms with Gasteiger partial charge in [-0.25, -0.2) is 9.69 Å². The average Bonchev–Trinajstić information content (AvgIpc) is 3.52. The summed E-state index contributed by atoms with van der Waals surface area (Å²) < 4.78 is 5.46. The molecule has 43 heavy (non-hydrogen) atoms. The van der Waals surface area contributed by atoms with Crippen molar-refractivity contribution in [1.29, 1.82) is 0 Å². The molecule has 8 heteroatoms. The van der Waals surface area contributed by atoms with Gasteiger partial charge in [0.2, 0.25) is 0 Å². The number of urea groups is 1. The third kappa shape index (κ3) is 4.43. The van der Waals surface area contributed by atoms with Crippen LogP contribution in [0.15, 0.2) is 97.1 Å². The second-order valence-corrected chi connectivity index (χ2v) is 10.9. The molecule has 7 rings (SSSR count). The van der Waals surface area contributed by atoms with Gasteiger partial charge in [0.15, 0.2) is 0 Å². The molecule has 0 aliphatic carbocycles. The quantitative estimate of drug-likeness (QED) is 0.225. The Bertz CT molecular complexity index is 1880. The zero-order chi connectivity index (χ0) is 29.7. The standard InChI is InChI=1S/C35H30N4O4/c1-3-43-25-18-14-23(15-19-25)36-33(40)22-12-16-24(17-13-22)38-34(41)30-20-28-27-10-6-7-11-29(27)37-31(28)32(39(30)35(38)42)26-9-5-4-8-21(26)2/h4-19,30,32,37H,3,20H2,1-2H3,(H,36,40). The summed E-state index contributed by atoms with van der Waals surface area (Å²) in [4.78, 5) is 47.6. The van der Waals surface area contributed by atoms with Gasteiger partial charge in [0, 0.05) is 34.3 Å². The van der Waals surface area contributed by atoms with Crippen molar-refractivity contribution in [3.05, 3.63) is 125 Å². The summed E-state index contributed by atoms with van der Waals surface area (Å²) in [5.74, 6) is 0.162. The van der Waals surface area contributed by atoms with Gasteiger partial charge in [-0.05, 0) is 85.1 Å². The van der Waals surface area contributed by atoms with E-state index in [4.69, 9.17) is 4.74 Å². The van der Waals surface area contributed by atoms with Crippen molar-refractivity contribution in [1.82, 2.24) is 9.88 Å². The number of carbonyl (C=O) groups excluding carboxylic acids is 3. The molecule has 4 amide bonds. The normalized spacial score (nSPS) is 17.6. The third-order valence-electron chi connectivity index (χ3n) is 8.34. The van der Waals surface area contributed by atoms with E-state index in [0.29, 0.717) is 30.0 Å². The number of nitrogens with zero attached hydrogens (tertiary/aromatic N) is 2. The van der Waals surface area contributed by atoms with Crippen molar-refractivity contribution >= 4 is 40.1 Å². The number of hydrogen-bond acceptors (Lipinski definition) is 4. The molecule has 1 fully saturated rings. The molecule has 3 heterocycles. The Kier molecular flexibility index (Phi) is 6.46. The van der Waals surface area contributed by atoms with Gasteiger partial charge in [0.25, 0.3) is 11.8 Å². The predicted molar refractivity (Wildman–Crippen MR) is 166 cm³/mol. The number of nitrogens with one attached hydrogen (secondary N) is 2. The Morgan fingerprint density at radius 1 is 0.930 bits per heavy atom. The molecule has 2 N–H and O–H groups in total. The van der Waals surface area contributed by atoms with E-state index in [1.807, 2.05) is 56.3 Å². The van der Waals surface area contributed by atoms with Crippen LogP contribution in [-0.4, -0.2) is 40.4 Å². The number of fused-ring (bicyclic) bond motifs is 4. The van der Waals surface area contributed by atoms with Crippen molar-refractivity contribution < 1.29 is 19.1 Å². The highest BCUT2D eigenvalue weighted by Gasteiger charge is 2.53. The molecular formula is C35H30N4O4. The van der Waals surface area contributed by atoms with Gasteiger partial charge >= 0.3 is 6.03 Å². The number of anilines is 2. The molecule has 2 atom stereocenters. The topological polar surface area (TPSA) is 94.7 Å². The van der Waals surface area contributed by atoms with Gasteiger partial charge in [-0.15, -0.1) is 0 Å². The first-order valence-electron chi connectivity index (χ1n) is 14.4. The zero-order valence-corrected chi connectivity index (χ0v) is 23.8. The number of benzene rings is 4. The van der Waals surface area contributed by atoms with Crippen molar-refractivity contribution in [3.63, 3.8) is 0 Å². The molecule has 214 valence electrons. The van der Waals surface area contributed by atoms with Crippen LogP contribution < -0.4 is 15.0 Å². The van der Waals surface area contributed by atoms with E-state index in [-0.39, 0.29) is 17.8 Å². The van der Waals surface area contributed by atoms with Crippen LogP contribution >= 0.6 is 0 Å². The first-order chi connectivity index (χ1) is 20.9. The minimum Gasteiger partial charge on any atom is -0.494 e. The van der Waals surface area contributed by atoms with Gasteiger partial charge in [0.05, 0.1) is 12.3 Å². The number of rotatable bonds is 6. The number of para-hydroxylation sites is 1. The van der Waals surface area contributed by atoms with Crippen molar-refractivity contribution in [3.8, 4) is 5.75 Å². The lowest BCUT2D eigenvalue weighted by Gasteiger charge is -2.36. The van der Waals surface area contributed by atoms with Crippen LogP contribution in [0.1, 0.15) is 45.7 Å². The lowest BCUT2D eigenvalue weighted by atomic mass is 9.87. The van der Waals surface area contributed by atoms with Crippen molar-refractivity contribution in [2.75, 3.05) is 16.8 Å². The van der Waals surface area contributed by atoms with Crippen LogP contribution in [0.5, 0.6) is 5.75 Å². The minimum absolute atomic E-state index is 0.272. The number of ether oxygens (including phenoxy) is 1. The van der Waals surface area contributed by atoms with Crippen LogP contribution in [0, 0.1) is 6.92 Å². The monoisotopic (exact) mass is 570 g/mol. The summed E-state index contributed by atoms with van der Waals surface area (Å²) >= 11 is 0. The highest BCUT2D eigenvalue weighted by atomic mass is 16.5. The summed E-state index contributed by atoms with van der Waals surface area (Å²) in [7, 11) is 0. The fourth-order valence-electron chi connectivity index (χ4n) is 6.30. The summed E-state index contributed by atoms with van der Waals surface area (Å²) in [5.41, 5.74) is 6.49. The van der Waals surface area contributed by atoms with Crippen LogP contribution in [0.25, 0.3) is 10.9 Å². The van der Waals surface area contributed by atoms with Gasteiger partial charge in [-0.3, -0.25) is 14.5 Å². The first-order valence-corrected chi connectivity index (χ1v) is 14.4. The van der Waals surface area contributed by atoms with Gasteiger partial charge in [-0.1, -0.05) is 42.5 Å². The van der Waals surface area contributed by atoms with Crippen LogP contribution in [-0.2, 0) is 11.2 Å². The fraction of sp³-hybridized carbons (Fsp3) is 0.171. The van der Waals surface area contributed by atoms with Gasteiger partial charge in [-0.2, -0.15) is 0 Å². The number of aryl methyl sites for hydroxylation is 1. The first kappa shape index (κ1) is 26.5. The van der Waals surface area contributed by atoms with E-state index in [1.54, 1.807) is 53.4 Å². The number of imide groups is 1. The molecule has 0 bridgehead atoms. The molecule has 0 spiro atoms. The summed E-state index contributed by atoms with van der Waals surface area (Å²) in [6.07, 6.45) is 0.422. The molecule has 8 nitrogen and oxygen atoms in total. The van der Waals surface area contributed by atoms with E-state index < -0.39 is 12.1 Å². The second-order valence-electron chi connectivity index (χ2n) is 10.9. The van der Waals surface area contributed by atoms with Crippen LogP contribution in [0.4, 0.5) is 16.2 Å². The number of H-pyrrole nitrogens is 1. The molecule has 1 saturated heterocycles. The lowest BCUT2D eigenvalue weighted by Crippen LogP contribution is -2.44. The number of hydrogen-bond donors (Lipinski definition) is 2. The van der Waals surface area contributed by atoms with Gasteiger partial charge < -0.3 is 15.0 Å². The second kappa shape index (κ2) is 10.5. The van der Waals surface area contributed by atoms with Gasteiger partial charge in [0.1, 0.15) is 17.8 Å². The molecule has 2 unspecified atom stereocenters. The van der Waals surface area contributed by atoms with E-state index >= 15 is 0 Å². The molecule has 0 saturated carbocycles. The Morgan fingerprint density at radius 3 is 2.40 bits per heavy atom. The predicted octanol–water partition coefficient (Wildman–Crippen LogP) is 6.61.